The first-order valence-electron chi connectivity index (χ1n) is 7.53. The number of aromatic nitrogens is 2. The average Bonchev–Trinajstić information content (AvgIpc) is 3.14. The predicted molar refractivity (Wildman–Crippen MR) is 91.6 cm³/mol. The molecule has 120 valence electrons. The van der Waals surface area contributed by atoms with Crippen molar-refractivity contribution in [3.63, 3.8) is 0 Å². The zero-order chi connectivity index (χ0) is 15.9. The van der Waals surface area contributed by atoms with Crippen LogP contribution in [-0.2, 0) is 12.8 Å². The second kappa shape index (κ2) is 8.24. The number of rotatable bonds is 7. The third-order valence-corrected chi connectivity index (χ3v) is 5.32. The van der Waals surface area contributed by atoms with E-state index >= 15 is 0 Å². The molecule has 2 aromatic heterocycles. The summed E-state index contributed by atoms with van der Waals surface area (Å²) >= 11 is 3.28. The predicted octanol–water partition coefficient (Wildman–Crippen LogP) is 3.46. The van der Waals surface area contributed by atoms with E-state index in [1.54, 1.807) is 28.9 Å². The first kappa shape index (κ1) is 16.9. The Morgan fingerprint density at radius 3 is 2.82 bits per heavy atom. The van der Waals surface area contributed by atoms with Gasteiger partial charge in [-0.3, -0.25) is 0 Å². The second-order valence-corrected chi connectivity index (χ2v) is 7.16. The normalized spacial score (nSPS) is 12.1. The third-order valence-electron chi connectivity index (χ3n) is 3.36. The van der Waals surface area contributed by atoms with Gasteiger partial charge in [0.1, 0.15) is 5.01 Å². The van der Waals surface area contributed by atoms with E-state index in [4.69, 9.17) is 0 Å². The van der Waals surface area contributed by atoms with E-state index in [1.807, 2.05) is 12.3 Å². The van der Waals surface area contributed by atoms with E-state index in [9.17, 15) is 4.79 Å². The molecular formula is C15H22N4OS2. The molecule has 5 nitrogen and oxygen atoms in total. The number of hydrogen-bond acceptors (Lipinski definition) is 5. The Balaban J connectivity index is 1.77. The molecule has 0 fully saturated rings. The molecule has 0 radical (unpaired) electrons. The third kappa shape index (κ3) is 4.51. The monoisotopic (exact) mass is 338 g/mol. The van der Waals surface area contributed by atoms with Gasteiger partial charge in [0, 0.05) is 29.4 Å². The van der Waals surface area contributed by atoms with E-state index in [0.29, 0.717) is 6.54 Å². The van der Waals surface area contributed by atoms with Crippen LogP contribution in [0.4, 0.5) is 4.79 Å². The van der Waals surface area contributed by atoms with E-state index < -0.39 is 0 Å². The van der Waals surface area contributed by atoms with Crippen molar-refractivity contribution in [3.05, 3.63) is 32.2 Å². The summed E-state index contributed by atoms with van der Waals surface area (Å²) < 4.78 is 0. The van der Waals surface area contributed by atoms with Gasteiger partial charge in [-0.25, -0.2) is 14.8 Å². The van der Waals surface area contributed by atoms with Gasteiger partial charge in [-0.2, -0.15) is 0 Å². The molecule has 0 bridgehead atoms. The van der Waals surface area contributed by atoms with Gasteiger partial charge in [0.2, 0.25) is 0 Å². The number of amides is 2. The van der Waals surface area contributed by atoms with Gasteiger partial charge in [0.15, 0.2) is 0 Å². The number of carbonyl (C=O) groups excluding carboxylic acids is 1. The zero-order valence-electron chi connectivity index (χ0n) is 13.2. The topological polar surface area (TPSA) is 66.9 Å². The Morgan fingerprint density at radius 1 is 1.41 bits per heavy atom. The average molecular weight is 339 g/mol. The fraction of sp³-hybridized carbons (Fsp3) is 0.533. The summed E-state index contributed by atoms with van der Waals surface area (Å²) in [7, 11) is 0. The van der Waals surface area contributed by atoms with Crippen LogP contribution in [0, 0.1) is 6.92 Å². The Morgan fingerprint density at radius 2 is 2.23 bits per heavy atom. The van der Waals surface area contributed by atoms with Crippen LogP contribution in [0.1, 0.15) is 46.9 Å². The lowest BCUT2D eigenvalue weighted by atomic mass is 10.2. The summed E-state index contributed by atoms with van der Waals surface area (Å²) in [5, 5.41) is 9.82. The van der Waals surface area contributed by atoms with Crippen molar-refractivity contribution in [2.45, 2.75) is 46.1 Å². The summed E-state index contributed by atoms with van der Waals surface area (Å²) in [6.45, 7) is 6.84. The molecule has 2 aromatic rings. The molecule has 0 unspecified atom stereocenters. The minimum absolute atomic E-state index is 0.0196. The Bertz CT molecular complexity index is 595. The fourth-order valence-corrected chi connectivity index (χ4v) is 3.95. The van der Waals surface area contributed by atoms with Crippen molar-refractivity contribution < 1.29 is 4.79 Å². The SMILES string of the molecule is CCc1nc(CCNC(=O)N[C@H](CC)c2nccs2)sc1C. The van der Waals surface area contributed by atoms with E-state index in [2.05, 4.69) is 34.4 Å². The highest BCUT2D eigenvalue weighted by Crippen LogP contribution is 2.19. The molecule has 2 amide bonds. The molecule has 1 atom stereocenters. The van der Waals surface area contributed by atoms with Crippen molar-refractivity contribution in [2.24, 2.45) is 0 Å². The van der Waals surface area contributed by atoms with Crippen LogP contribution in [-0.4, -0.2) is 22.5 Å². The molecule has 2 N–H and O–H groups in total. The smallest absolute Gasteiger partial charge is 0.315 e. The molecule has 7 heteroatoms. The molecule has 0 aromatic carbocycles. The Hall–Kier alpha value is -1.47. The highest BCUT2D eigenvalue weighted by atomic mass is 32.1. The van der Waals surface area contributed by atoms with E-state index in [0.717, 1.165) is 29.3 Å². The van der Waals surface area contributed by atoms with Gasteiger partial charge in [-0.1, -0.05) is 13.8 Å². The maximum atomic E-state index is 12.0. The molecule has 0 saturated carbocycles. The van der Waals surface area contributed by atoms with Crippen molar-refractivity contribution in [2.75, 3.05) is 6.54 Å². The molecule has 0 saturated heterocycles. The summed E-state index contributed by atoms with van der Waals surface area (Å²) in [5.41, 5.74) is 1.17. The Labute approximate surface area is 139 Å². The van der Waals surface area contributed by atoms with Crippen molar-refractivity contribution >= 4 is 28.7 Å². The lowest BCUT2D eigenvalue weighted by molar-refractivity contribution is 0.237. The maximum absolute atomic E-state index is 12.0. The van der Waals surface area contributed by atoms with Crippen LogP contribution in [0.2, 0.25) is 0 Å². The van der Waals surface area contributed by atoms with Crippen molar-refractivity contribution in [1.29, 1.82) is 0 Å². The number of nitrogens with zero attached hydrogens (tertiary/aromatic N) is 2. The number of hydrogen-bond donors (Lipinski definition) is 2. The maximum Gasteiger partial charge on any atom is 0.315 e. The number of aryl methyl sites for hydroxylation is 2. The van der Waals surface area contributed by atoms with Crippen LogP contribution in [0.3, 0.4) is 0 Å². The van der Waals surface area contributed by atoms with Gasteiger partial charge in [0.05, 0.1) is 16.7 Å². The second-order valence-electron chi connectivity index (χ2n) is 4.95. The summed E-state index contributed by atoms with van der Waals surface area (Å²) in [6, 6.07) is -0.167. The Kier molecular flexibility index (Phi) is 6.33. The van der Waals surface area contributed by atoms with Gasteiger partial charge < -0.3 is 10.6 Å². The molecule has 0 aliphatic heterocycles. The van der Waals surface area contributed by atoms with Crippen LogP contribution in [0.15, 0.2) is 11.6 Å². The van der Waals surface area contributed by atoms with Crippen molar-refractivity contribution in [1.82, 2.24) is 20.6 Å². The largest absolute Gasteiger partial charge is 0.338 e. The van der Waals surface area contributed by atoms with E-state index in [1.165, 1.54) is 10.6 Å². The summed E-state index contributed by atoms with van der Waals surface area (Å²) in [4.78, 5) is 22.1. The first-order chi connectivity index (χ1) is 10.6. The van der Waals surface area contributed by atoms with Crippen LogP contribution < -0.4 is 10.6 Å². The molecule has 0 spiro atoms. The molecule has 2 rings (SSSR count). The fourth-order valence-electron chi connectivity index (χ4n) is 2.16. The van der Waals surface area contributed by atoms with Crippen LogP contribution >= 0.6 is 22.7 Å². The summed E-state index contributed by atoms with van der Waals surface area (Å²) in [6.07, 6.45) is 4.32. The molecular weight excluding hydrogens is 316 g/mol. The summed E-state index contributed by atoms with van der Waals surface area (Å²) in [5.74, 6) is 0. The number of urea groups is 1. The van der Waals surface area contributed by atoms with Gasteiger partial charge in [-0.15, -0.1) is 22.7 Å². The molecule has 2 heterocycles. The van der Waals surface area contributed by atoms with Gasteiger partial charge in [0.25, 0.3) is 0 Å². The van der Waals surface area contributed by atoms with Gasteiger partial charge >= 0.3 is 6.03 Å². The quantitative estimate of drug-likeness (QED) is 0.812. The molecule has 22 heavy (non-hydrogen) atoms. The zero-order valence-corrected chi connectivity index (χ0v) is 14.8. The number of nitrogens with one attached hydrogen (secondary N) is 2. The lowest BCUT2D eigenvalue weighted by Crippen LogP contribution is -2.38. The minimum atomic E-state index is -0.147. The van der Waals surface area contributed by atoms with Gasteiger partial charge in [-0.05, 0) is 19.8 Å². The molecule has 0 aliphatic carbocycles. The number of thiazole rings is 2. The first-order valence-corrected chi connectivity index (χ1v) is 9.22. The van der Waals surface area contributed by atoms with Crippen LogP contribution in [0.25, 0.3) is 0 Å². The van der Waals surface area contributed by atoms with E-state index in [-0.39, 0.29) is 12.1 Å². The lowest BCUT2D eigenvalue weighted by Gasteiger charge is -2.14. The highest BCUT2D eigenvalue weighted by Gasteiger charge is 2.14. The number of carbonyl (C=O) groups is 1. The standard InChI is InChI=1S/C15H22N4OS2/c1-4-11-10(3)22-13(18-11)6-7-17-15(20)19-12(5-2)14-16-8-9-21-14/h8-9,12H,4-7H2,1-3H3,(H2,17,19,20)/t12-/m1/s1. The van der Waals surface area contributed by atoms with Crippen LogP contribution in [0.5, 0.6) is 0 Å². The minimum Gasteiger partial charge on any atom is -0.338 e. The molecule has 0 aliphatic rings. The highest BCUT2D eigenvalue weighted by molar-refractivity contribution is 7.11. The van der Waals surface area contributed by atoms with Crippen molar-refractivity contribution in [3.8, 4) is 0 Å².